The standard InChI is InChI=1S/C14H26N2O/c17-14(11-13-5-8-15-9-6-13)16-10-7-12-3-1-2-4-12/h12-13,15H,1-11H2,(H,16,17). The number of piperidine rings is 1. The molecule has 0 spiro atoms. The third kappa shape index (κ3) is 4.66. The maximum atomic E-state index is 11.8. The summed E-state index contributed by atoms with van der Waals surface area (Å²) in [5, 5.41) is 6.43. The van der Waals surface area contributed by atoms with E-state index in [9.17, 15) is 4.79 Å². The van der Waals surface area contributed by atoms with Crippen LogP contribution in [0.4, 0.5) is 0 Å². The molecule has 0 radical (unpaired) electrons. The fourth-order valence-electron chi connectivity index (χ4n) is 3.13. The van der Waals surface area contributed by atoms with Crippen molar-refractivity contribution in [2.24, 2.45) is 11.8 Å². The first kappa shape index (κ1) is 12.9. The Morgan fingerprint density at radius 3 is 2.47 bits per heavy atom. The van der Waals surface area contributed by atoms with Crippen LogP contribution in [0.5, 0.6) is 0 Å². The Balaban J connectivity index is 1.53. The number of carbonyl (C=O) groups is 1. The summed E-state index contributed by atoms with van der Waals surface area (Å²) in [6, 6.07) is 0. The number of carbonyl (C=O) groups excluding carboxylic acids is 1. The average Bonchev–Trinajstić information content (AvgIpc) is 2.83. The fourth-order valence-corrected chi connectivity index (χ4v) is 3.13. The number of hydrogen-bond acceptors (Lipinski definition) is 2. The van der Waals surface area contributed by atoms with Crippen LogP contribution in [0.1, 0.15) is 51.4 Å². The SMILES string of the molecule is O=C(CC1CCNCC1)NCCC1CCCC1. The first-order valence-electron chi connectivity index (χ1n) is 7.32. The summed E-state index contributed by atoms with van der Waals surface area (Å²) in [6.45, 7) is 3.06. The molecule has 2 aliphatic rings. The minimum atomic E-state index is 0.273. The van der Waals surface area contributed by atoms with E-state index in [0.29, 0.717) is 5.92 Å². The molecule has 2 rings (SSSR count). The second-order valence-electron chi connectivity index (χ2n) is 5.69. The Kier molecular flexibility index (Phi) is 5.30. The van der Waals surface area contributed by atoms with E-state index in [0.717, 1.165) is 44.8 Å². The molecule has 0 aromatic carbocycles. The summed E-state index contributed by atoms with van der Waals surface area (Å²) in [5.41, 5.74) is 0. The van der Waals surface area contributed by atoms with Gasteiger partial charge >= 0.3 is 0 Å². The van der Waals surface area contributed by atoms with E-state index < -0.39 is 0 Å². The molecule has 0 atom stereocenters. The normalized spacial score (nSPS) is 22.8. The molecule has 1 saturated heterocycles. The zero-order valence-electron chi connectivity index (χ0n) is 10.8. The molecule has 0 bridgehead atoms. The van der Waals surface area contributed by atoms with Crippen molar-refractivity contribution < 1.29 is 4.79 Å². The molecule has 1 heterocycles. The van der Waals surface area contributed by atoms with Crippen molar-refractivity contribution in [3.05, 3.63) is 0 Å². The van der Waals surface area contributed by atoms with Crippen molar-refractivity contribution >= 4 is 5.91 Å². The maximum absolute atomic E-state index is 11.8. The highest BCUT2D eigenvalue weighted by atomic mass is 16.1. The molecule has 98 valence electrons. The lowest BCUT2D eigenvalue weighted by molar-refractivity contribution is -0.122. The van der Waals surface area contributed by atoms with Gasteiger partial charge in [-0.3, -0.25) is 4.79 Å². The highest BCUT2D eigenvalue weighted by Gasteiger charge is 2.17. The largest absolute Gasteiger partial charge is 0.356 e. The van der Waals surface area contributed by atoms with Crippen LogP contribution in [-0.2, 0) is 4.79 Å². The third-order valence-electron chi connectivity index (χ3n) is 4.28. The van der Waals surface area contributed by atoms with Crippen molar-refractivity contribution in [1.29, 1.82) is 0 Å². The van der Waals surface area contributed by atoms with E-state index in [1.165, 1.54) is 32.1 Å². The fraction of sp³-hybridized carbons (Fsp3) is 0.929. The van der Waals surface area contributed by atoms with Crippen LogP contribution in [0.2, 0.25) is 0 Å². The minimum Gasteiger partial charge on any atom is -0.356 e. The average molecular weight is 238 g/mol. The molecular weight excluding hydrogens is 212 g/mol. The smallest absolute Gasteiger partial charge is 0.220 e. The van der Waals surface area contributed by atoms with Crippen molar-refractivity contribution in [3.63, 3.8) is 0 Å². The van der Waals surface area contributed by atoms with E-state index in [1.54, 1.807) is 0 Å². The first-order chi connectivity index (χ1) is 8.34. The van der Waals surface area contributed by atoms with Crippen LogP contribution in [0, 0.1) is 11.8 Å². The molecule has 0 aromatic heterocycles. The van der Waals surface area contributed by atoms with E-state index in [-0.39, 0.29) is 5.91 Å². The van der Waals surface area contributed by atoms with E-state index >= 15 is 0 Å². The van der Waals surface area contributed by atoms with Crippen molar-refractivity contribution in [2.45, 2.75) is 51.4 Å². The van der Waals surface area contributed by atoms with E-state index in [4.69, 9.17) is 0 Å². The summed E-state index contributed by atoms with van der Waals surface area (Å²) < 4.78 is 0. The minimum absolute atomic E-state index is 0.273. The van der Waals surface area contributed by atoms with E-state index in [1.807, 2.05) is 0 Å². The van der Waals surface area contributed by atoms with Crippen LogP contribution < -0.4 is 10.6 Å². The van der Waals surface area contributed by atoms with Crippen LogP contribution >= 0.6 is 0 Å². The molecule has 1 aliphatic carbocycles. The van der Waals surface area contributed by atoms with Gasteiger partial charge in [0.2, 0.25) is 5.91 Å². The van der Waals surface area contributed by atoms with Gasteiger partial charge in [0, 0.05) is 13.0 Å². The number of nitrogens with one attached hydrogen (secondary N) is 2. The highest BCUT2D eigenvalue weighted by Crippen LogP contribution is 2.26. The second kappa shape index (κ2) is 7.00. The molecular formula is C14H26N2O. The molecule has 2 fully saturated rings. The molecule has 1 amide bonds. The Morgan fingerprint density at radius 1 is 1.06 bits per heavy atom. The third-order valence-corrected chi connectivity index (χ3v) is 4.28. The molecule has 1 aliphatic heterocycles. The number of amides is 1. The summed E-state index contributed by atoms with van der Waals surface area (Å²) in [4.78, 5) is 11.8. The topological polar surface area (TPSA) is 41.1 Å². The summed E-state index contributed by atoms with van der Waals surface area (Å²) in [5.74, 6) is 1.77. The van der Waals surface area contributed by atoms with Crippen LogP contribution in [0.25, 0.3) is 0 Å². The van der Waals surface area contributed by atoms with Gasteiger partial charge in [-0.25, -0.2) is 0 Å². The van der Waals surface area contributed by atoms with Gasteiger partial charge in [-0.15, -0.1) is 0 Å². The van der Waals surface area contributed by atoms with E-state index in [2.05, 4.69) is 10.6 Å². The Bertz CT molecular complexity index is 230. The monoisotopic (exact) mass is 238 g/mol. The maximum Gasteiger partial charge on any atom is 0.220 e. The molecule has 0 unspecified atom stereocenters. The zero-order valence-corrected chi connectivity index (χ0v) is 10.8. The predicted octanol–water partition coefficient (Wildman–Crippen LogP) is 2.07. The summed E-state index contributed by atoms with van der Waals surface area (Å²) >= 11 is 0. The molecule has 0 aromatic rings. The predicted molar refractivity (Wildman–Crippen MR) is 69.8 cm³/mol. The van der Waals surface area contributed by atoms with Crippen molar-refractivity contribution in [1.82, 2.24) is 10.6 Å². The molecule has 3 heteroatoms. The highest BCUT2D eigenvalue weighted by molar-refractivity contribution is 5.76. The van der Waals surface area contributed by atoms with Gasteiger partial charge in [-0.2, -0.15) is 0 Å². The second-order valence-corrected chi connectivity index (χ2v) is 5.69. The molecule has 2 N–H and O–H groups in total. The molecule has 1 saturated carbocycles. The lowest BCUT2D eigenvalue weighted by Crippen LogP contribution is -2.32. The van der Waals surface area contributed by atoms with Gasteiger partial charge in [0.1, 0.15) is 0 Å². The Hall–Kier alpha value is -0.570. The first-order valence-corrected chi connectivity index (χ1v) is 7.32. The van der Waals surface area contributed by atoms with Gasteiger partial charge < -0.3 is 10.6 Å². The number of rotatable bonds is 5. The van der Waals surface area contributed by atoms with Crippen LogP contribution in [-0.4, -0.2) is 25.5 Å². The van der Waals surface area contributed by atoms with Gasteiger partial charge in [0.05, 0.1) is 0 Å². The molecule has 3 nitrogen and oxygen atoms in total. The van der Waals surface area contributed by atoms with Gasteiger partial charge in [0.15, 0.2) is 0 Å². The summed E-state index contributed by atoms with van der Waals surface area (Å²) in [6.07, 6.45) is 9.81. The Labute approximate surface area is 105 Å². The zero-order chi connectivity index (χ0) is 11.9. The van der Waals surface area contributed by atoms with Crippen LogP contribution in [0.15, 0.2) is 0 Å². The van der Waals surface area contributed by atoms with Gasteiger partial charge in [0.25, 0.3) is 0 Å². The van der Waals surface area contributed by atoms with Crippen LogP contribution in [0.3, 0.4) is 0 Å². The lowest BCUT2D eigenvalue weighted by atomic mass is 9.94. The number of hydrogen-bond donors (Lipinski definition) is 2. The van der Waals surface area contributed by atoms with Crippen molar-refractivity contribution in [2.75, 3.05) is 19.6 Å². The summed E-state index contributed by atoms with van der Waals surface area (Å²) in [7, 11) is 0. The van der Waals surface area contributed by atoms with Gasteiger partial charge in [-0.1, -0.05) is 25.7 Å². The van der Waals surface area contributed by atoms with Crippen molar-refractivity contribution in [3.8, 4) is 0 Å². The lowest BCUT2D eigenvalue weighted by Gasteiger charge is -2.22. The van der Waals surface area contributed by atoms with Gasteiger partial charge in [-0.05, 0) is 44.2 Å². The molecule has 17 heavy (non-hydrogen) atoms. The Morgan fingerprint density at radius 2 is 1.76 bits per heavy atom. The quantitative estimate of drug-likeness (QED) is 0.770.